The predicted octanol–water partition coefficient (Wildman–Crippen LogP) is 4.31. The highest BCUT2D eigenvalue weighted by Crippen LogP contribution is 2.26. The van der Waals surface area contributed by atoms with Crippen LogP contribution in [0, 0.1) is 24.0 Å². The Bertz CT molecular complexity index is 793. The average molecular weight is 381 g/mol. The zero-order valence-electron chi connectivity index (χ0n) is 15.0. The summed E-state index contributed by atoms with van der Waals surface area (Å²) in [5, 5.41) is 11.7. The molecule has 26 heavy (non-hydrogen) atoms. The number of carbonyl (C=O) groups is 1. The number of carbonyl (C=O) groups excluding carboxylic acids is 1. The molecule has 140 valence electrons. The molecular formula is C18H21ClN2O5. The molecule has 7 nitrogen and oxygen atoms in total. The van der Waals surface area contributed by atoms with Crippen LogP contribution >= 0.6 is 11.6 Å². The van der Waals surface area contributed by atoms with E-state index in [1.807, 2.05) is 26.0 Å². The van der Waals surface area contributed by atoms with Crippen LogP contribution in [0.25, 0.3) is 0 Å². The van der Waals surface area contributed by atoms with Crippen molar-refractivity contribution in [2.75, 3.05) is 13.2 Å². The van der Waals surface area contributed by atoms with Gasteiger partial charge in [0.2, 0.25) is 0 Å². The van der Waals surface area contributed by atoms with Gasteiger partial charge in [0, 0.05) is 17.6 Å². The molecule has 1 aromatic carbocycles. The van der Waals surface area contributed by atoms with Crippen molar-refractivity contribution in [2.24, 2.45) is 0 Å². The van der Waals surface area contributed by atoms with Crippen LogP contribution in [-0.4, -0.2) is 28.7 Å². The third-order valence-corrected chi connectivity index (χ3v) is 4.40. The maximum atomic E-state index is 12.0. The summed E-state index contributed by atoms with van der Waals surface area (Å²) in [7, 11) is 0. The van der Waals surface area contributed by atoms with Crippen molar-refractivity contribution in [1.29, 1.82) is 0 Å². The number of nitro groups is 1. The van der Waals surface area contributed by atoms with Crippen LogP contribution in [-0.2, 0) is 11.3 Å². The van der Waals surface area contributed by atoms with Gasteiger partial charge in [-0.15, -0.1) is 0 Å². The molecule has 0 saturated heterocycles. The predicted molar refractivity (Wildman–Crippen MR) is 98.1 cm³/mol. The van der Waals surface area contributed by atoms with E-state index < -0.39 is 10.9 Å². The Kier molecular flexibility index (Phi) is 6.63. The van der Waals surface area contributed by atoms with E-state index >= 15 is 0 Å². The van der Waals surface area contributed by atoms with Gasteiger partial charge in [0.15, 0.2) is 0 Å². The molecule has 2 aromatic rings. The molecule has 0 amide bonds. The lowest BCUT2D eigenvalue weighted by Crippen LogP contribution is -2.13. The van der Waals surface area contributed by atoms with Crippen molar-refractivity contribution in [3.63, 3.8) is 0 Å². The molecular weight excluding hydrogens is 360 g/mol. The largest absolute Gasteiger partial charge is 0.494 e. The number of nitrogens with zero attached hydrogens (tertiary/aromatic N) is 2. The second-order valence-electron chi connectivity index (χ2n) is 5.83. The Morgan fingerprint density at radius 3 is 2.50 bits per heavy atom. The topological polar surface area (TPSA) is 83.6 Å². The minimum absolute atomic E-state index is 0.141. The summed E-state index contributed by atoms with van der Waals surface area (Å²) in [5.74, 6) is 0.138. The number of rotatable bonds is 8. The van der Waals surface area contributed by atoms with Gasteiger partial charge in [-0.1, -0.05) is 11.6 Å². The van der Waals surface area contributed by atoms with Crippen LogP contribution in [0.5, 0.6) is 5.75 Å². The van der Waals surface area contributed by atoms with E-state index in [4.69, 9.17) is 21.1 Å². The smallest absolute Gasteiger partial charge is 0.355 e. The molecule has 0 N–H and O–H groups in total. The van der Waals surface area contributed by atoms with Gasteiger partial charge >= 0.3 is 5.97 Å². The zero-order valence-corrected chi connectivity index (χ0v) is 15.7. The van der Waals surface area contributed by atoms with E-state index in [1.54, 1.807) is 6.92 Å². The lowest BCUT2D eigenvalue weighted by molar-refractivity contribution is -0.384. The van der Waals surface area contributed by atoms with Gasteiger partial charge in [-0.2, -0.15) is 0 Å². The number of hydrogen-bond donors (Lipinski definition) is 0. The van der Waals surface area contributed by atoms with Gasteiger partial charge in [0.25, 0.3) is 5.69 Å². The second-order valence-corrected chi connectivity index (χ2v) is 6.21. The highest BCUT2D eigenvalue weighted by molar-refractivity contribution is 6.32. The standard InChI is InChI=1S/C18H21ClN2O5/c1-4-25-18(22)16-10-14(21(23)24)11-20(16)6-5-7-26-15-8-12(2)17(19)13(3)9-15/h8-11H,4-7H2,1-3H3. The summed E-state index contributed by atoms with van der Waals surface area (Å²) >= 11 is 6.13. The molecule has 0 aliphatic rings. The number of esters is 1. The number of aromatic nitrogens is 1. The minimum atomic E-state index is -0.578. The van der Waals surface area contributed by atoms with E-state index in [0.717, 1.165) is 16.1 Å². The van der Waals surface area contributed by atoms with Gasteiger partial charge in [0.05, 0.1) is 24.3 Å². The molecule has 0 unspecified atom stereocenters. The third kappa shape index (κ3) is 4.76. The summed E-state index contributed by atoms with van der Waals surface area (Å²) in [6, 6.07) is 4.95. The monoisotopic (exact) mass is 380 g/mol. The van der Waals surface area contributed by atoms with Crippen molar-refractivity contribution in [3.8, 4) is 5.75 Å². The lowest BCUT2D eigenvalue weighted by atomic mass is 10.1. The maximum Gasteiger partial charge on any atom is 0.355 e. The summed E-state index contributed by atoms with van der Waals surface area (Å²) in [5.41, 5.74) is 1.90. The molecule has 2 rings (SSSR count). The zero-order chi connectivity index (χ0) is 19.3. The second kappa shape index (κ2) is 8.71. The summed E-state index contributed by atoms with van der Waals surface area (Å²) in [4.78, 5) is 22.4. The Hall–Kier alpha value is -2.54. The van der Waals surface area contributed by atoms with Crippen LogP contribution in [0.15, 0.2) is 24.4 Å². The molecule has 1 aromatic heterocycles. The molecule has 0 spiro atoms. The normalized spacial score (nSPS) is 10.6. The SMILES string of the molecule is CCOC(=O)c1cc([N+](=O)[O-])cn1CCCOc1cc(C)c(Cl)c(C)c1. The first-order valence-electron chi connectivity index (χ1n) is 8.24. The number of aryl methyl sites for hydroxylation is 3. The van der Waals surface area contributed by atoms with Crippen molar-refractivity contribution in [1.82, 2.24) is 4.57 Å². The van der Waals surface area contributed by atoms with E-state index in [9.17, 15) is 14.9 Å². The molecule has 0 fully saturated rings. The highest BCUT2D eigenvalue weighted by atomic mass is 35.5. The van der Waals surface area contributed by atoms with Crippen LogP contribution < -0.4 is 4.74 Å². The van der Waals surface area contributed by atoms with Gasteiger partial charge < -0.3 is 14.0 Å². The molecule has 1 heterocycles. The number of benzene rings is 1. The van der Waals surface area contributed by atoms with Crippen LogP contribution in [0.4, 0.5) is 5.69 Å². The fraction of sp³-hybridized carbons (Fsp3) is 0.389. The Morgan fingerprint density at radius 2 is 1.92 bits per heavy atom. The molecule has 0 aliphatic carbocycles. The van der Waals surface area contributed by atoms with E-state index in [0.29, 0.717) is 25.3 Å². The van der Waals surface area contributed by atoms with Gasteiger partial charge in [0.1, 0.15) is 11.4 Å². The van der Waals surface area contributed by atoms with E-state index in [2.05, 4.69) is 0 Å². The number of hydrogen-bond acceptors (Lipinski definition) is 5. The molecule has 0 bridgehead atoms. The van der Waals surface area contributed by atoms with Crippen LogP contribution in [0.2, 0.25) is 5.02 Å². The highest BCUT2D eigenvalue weighted by Gasteiger charge is 2.20. The minimum Gasteiger partial charge on any atom is -0.494 e. The molecule has 0 radical (unpaired) electrons. The van der Waals surface area contributed by atoms with Crippen molar-refractivity contribution >= 4 is 23.3 Å². The van der Waals surface area contributed by atoms with Crippen molar-refractivity contribution in [2.45, 2.75) is 33.7 Å². The number of halogens is 1. The van der Waals surface area contributed by atoms with Gasteiger partial charge in [-0.25, -0.2) is 4.79 Å². The van der Waals surface area contributed by atoms with E-state index in [1.165, 1.54) is 16.8 Å². The van der Waals surface area contributed by atoms with Gasteiger partial charge in [-0.3, -0.25) is 10.1 Å². The first-order valence-corrected chi connectivity index (χ1v) is 8.62. The molecule has 0 aliphatic heterocycles. The van der Waals surface area contributed by atoms with Crippen LogP contribution in [0.3, 0.4) is 0 Å². The van der Waals surface area contributed by atoms with Crippen molar-refractivity contribution < 1.29 is 19.2 Å². The van der Waals surface area contributed by atoms with Crippen molar-refractivity contribution in [3.05, 3.63) is 56.4 Å². The van der Waals surface area contributed by atoms with Gasteiger partial charge in [-0.05, 0) is 50.5 Å². The van der Waals surface area contributed by atoms with Crippen LogP contribution in [0.1, 0.15) is 35.0 Å². The first-order chi connectivity index (χ1) is 12.3. The Morgan fingerprint density at radius 1 is 1.27 bits per heavy atom. The fourth-order valence-corrected chi connectivity index (χ4v) is 2.68. The molecule has 0 atom stereocenters. The third-order valence-electron chi connectivity index (χ3n) is 3.80. The molecule has 0 saturated carbocycles. The Labute approximate surface area is 156 Å². The number of ether oxygens (including phenoxy) is 2. The average Bonchev–Trinajstić information content (AvgIpc) is 3.01. The summed E-state index contributed by atoms with van der Waals surface area (Å²) in [6.07, 6.45) is 1.90. The summed E-state index contributed by atoms with van der Waals surface area (Å²) < 4.78 is 12.2. The fourth-order valence-electron chi connectivity index (χ4n) is 2.57. The first kappa shape index (κ1) is 19.8. The quantitative estimate of drug-likeness (QED) is 0.295. The molecule has 8 heteroatoms. The maximum absolute atomic E-state index is 12.0. The summed E-state index contributed by atoms with van der Waals surface area (Å²) in [6.45, 7) is 6.50. The lowest BCUT2D eigenvalue weighted by Gasteiger charge is -2.11. The Balaban J connectivity index is 2.00. The van der Waals surface area contributed by atoms with E-state index in [-0.39, 0.29) is 18.0 Å².